The Morgan fingerprint density at radius 3 is 2.31 bits per heavy atom. The van der Waals surface area contributed by atoms with E-state index in [4.69, 9.17) is 9.47 Å². The Balaban J connectivity index is 1.76. The zero-order chi connectivity index (χ0) is 20.5. The van der Waals surface area contributed by atoms with E-state index in [2.05, 4.69) is 5.10 Å². The summed E-state index contributed by atoms with van der Waals surface area (Å²) in [4.78, 5) is 40.0. The first-order valence-corrected chi connectivity index (χ1v) is 9.18. The third-order valence-corrected chi connectivity index (χ3v) is 4.89. The Morgan fingerprint density at radius 1 is 1.00 bits per heavy atom. The average Bonchev–Trinajstić information content (AvgIpc) is 3.26. The number of carbonyl (C=O) groups is 3. The minimum absolute atomic E-state index is 0.0601. The summed E-state index contributed by atoms with van der Waals surface area (Å²) in [5, 5.41) is 5.74. The molecule has 0 N–H and O–H groups in total. The van der Waals surface area contributed by atoms with E-state index in [1.165, 1.54) is 12.1 Å². The zero-order valence-electron chi connectivity index (χ0n) is 15.9. The second kappa shape index (κ2) is 7.38. The molecule has 0 aliphatic carbocycles. The Morgan fingerprint density at radius 2 is 1.69 bits per heavy atom. The third-order valence-electron chi connectivity index (χ3n) is 4.89. The summed E-state index contributed by atoms with van der Waals surface area (Å²) in [6, 6.07) is 14.6. The second-order valence-corrected chi connectivity index (χ2v) is 6.52. The minimum atomic E-state index is -1.02. The number of para-hydroxylation sites is 1. The van der Waals surface area contributed by atoms with Crippen LogP contribution in [-0.4, -0.2) is 43.3 Å². The van der Waals surface area contributed by atoms with E-state index in [1.807, 2.05) is 6.07 Å². The van der Waals surface area contributed by atoms with Crippen LogP contribution in [0.3, 0.4) is 0 Å². The molecule has 2 aromatic rings. The molecule has 2 aliphatic heterocycles. The molecule has 0 spiro atoms. The van der Waals surface area contributed by atoms with E-state index in [1.54, 1.807) is 55.5 Å². The van der Waals surface area contributed by atoms with Crippen LogP contribution in [0.15, 0.2) is 59.7 Å². The van der Waals surface area contributed by atoms with E-state index in [0.29, 0.717) is 17.1 Å². The molecule has 2 unspecified atom stereocenters. The average molecular weight is 393 g/mol. The highest BCUT2D eigenvalue weighted by atomic mass is 16.5. The van der Waals surface area contributed by atoms with Gasteiger partial charge in [0.05, 0.1) is 25.1 Å². The van der Waals surface area contributed by atoms with Crippen LogP contribution in [-0.2, 0) is 19.1 Å². The van der Waals surface area contributed by atoms with Crippen molar-refractivity contribution in [2.45, 2.75) is 13.0 Å². The monoisotopic (exact) mass is 393 g/mol. The SMILES string of the molecule is CCOC(=O)C1=NN(c2ccccc2)C2C(=O)N(c3ccc(OC)cc3)C(=O)C12. The summed E-state index contributed by atoms with van der Waals surface area (Å²) in [7, 11) is 1.53. The van der Waals surface area contributed by atoms with Gasteiger partial charge in [-0.15, -0.1) is 0 Å². The molecule has 0 radical (unpaired) electrons. The number of rotatable bonds is 5. The zero-order valence-corrected chi connectivity index (χ0v) is 15.9. The second-order valence-electron chi connectivity index (χ2n) is 6.52. The summed E-state index contributed by atoms with van der Waals surface area (Å²) in [6.07, 6.45) is 0. The number of benzene rings is 2. The lowest BCUT2D eigenvalue weighted by Crippen LogP contribution is -2.39. The number of hydrogen-bond donors (Lipinski definition) is 0. The number of hydrazone groups is 1. The normalized spacial score (nSPS) is 20.6. The van der Waals surface area contributed by atoms with Gasteiger partial charge in [0.25, 0.3) is 5.91 Å². The van der Waals surface area contributed by atoms with E-state index in [9.17, 15) is 14.4 Å². The molecular weight excluding hydrogens is 374 g/mol. The quantitative estimate of drug-likeness (QED) is 0.570. The largest absolute Gasteiger partial charge is 0.497 e. The fourth-order valence-corrected chi connectivity index (χ4v) is 3.57. The molecule has 1 saturated heterocycles. The Labute approximate surface area is 167 Å². The number of esters is 1. The number of anilines is 2. The molecule has 0 aromatic heterocycles. The summed E-state index contributed by atoms with van der Waals surface area (Å²) < 4.78 is 10.2. The molecule has 2 atom stereocenters. The van der Waals surface area contributed by atoms with Crippen molar-refractivity contribution in [1.29, 1.82) is 0 Å². The van der Waals surface area contributed by atoms with Crippen LogP contribution in [0, 0.1) is 5.92 Å². The van der Waals surface area contributed by atoms with Crippen molar-refractivity contribution in [2.75, 3.05) is 23.6 Å². The van der Waals surface area contributed by atoms with Crippen LogP contribution in [0.2, 0.25) is 0 Å². The number of carbonyl (C=O) groups excluding carboxylic acids is 3. The van der Waals surface area contributed by atoms with Crippen molar-refractivity contribution in [3.05, 3.63) is 54.6 Å². The molecule has 8 heteroatoms. The number of imide groups is 1. The van der Waals surface area contributed by atoms with Crippen molar-refractivity contribution in [3.63, 3.8) is 0 Å². The highest BCUT2D eigenvalue weighted by Gasteiger charge is 2.59. The third kappa shape index (κ3) is 3.02. The van der Waals surface area contributed by atoms with Crippen molar-refractivity contribution in [2.24, 2.45) is 11.0 Å². The van der Waals surface area contributed by atoms with Gasteiger partial charge in [0, 0.05) is 0 Å². The molecule has 4 rings (SSSR count). The van der Waals surface area contributed by atoms with Gasteiger partial charge in [0.2, 0.25) is 5.91 Å². The van der Waals surface area contributed by atoms with Gasteiger partial charge in [-0.05, 0) is 43.3 Å². The van der Waals surface area contributed by atoms with E-state index >= 15 is 0 Å². The van der Waals surface area contributed by atoms with Gasteiger partial charge in [-0.1, -0.05) is 18.2 Å². The van der Waals surface area contributed by atoms with Crippen molar-refractivity contribution in [3.8, 4) is 5.75 Å². The summed E-state index contributed by atoms with van der Waals surface area (Å²) in [6.45, 7) is 1.82. The maximum absolute atomic E-state index is 13.3. The van der Waals surface area contributed by atoms with E-state index < -0.39 is 29.7 Å². The van der Waals surface area contributed by atoms with Gasteiger partial charge in [-0.25, -0.2) is 9.69 Å². The molecule has 148 valence electrons. The predicted octanol–water partition coefficient (Wildman–Crippen LogP) is 1.99. The maximum Gasteiger partial charge on any atom is 0.355 e. The summed E-state index contributed by atoms with van der Waals surface area (Å²) in [5.74, 6) is -2.07. The van der Waals surface area contributed by atoms with Gasteiger partial charge < -0.3 is 9.47 Å². The number of methoxy groups -OCH3 is 1. The molecule has 0 saturated carbocycles. The smallest absolute Gasteiger partial charge is 0.355 e. The van der Waals surface area contributed by atoms with Crippen molar-refractivity contribution < 1.29 is 23.9 Å². The Kier molecular flexibility index (Phi) is 4.75. The minimum Gasteiger partial charge on any atom is -0.497 e. The van der Waals surface area contributed by atoms with E-state index in [-0.39, 0.29) is 12.3 Å². The number of hydrogen-bond acceptors (Lipinski definition) is 7. The topological polar surface area (TPSA) is 88.5 Å². The first-order valence-electron chi connectivity index (χ1n) is 9.18. The van der Waals surface area contributed by atoms with Crippen LogP contribution in [0.25, 0.3) is 0 Å². The van der Waals surface area contributed by atoms with Gasteiger partial charge >= 0.3 is 5.97 Å². The molecule has 29 heavy (non-hydrogen) atoms. The lowest BCUT2D eigenvalue weighted by molar-refractivity contribution is -0.136. The molecule has 2 aromatic carbocycles. The van der Waals surface area contributed by atoms with Gasteiger partial charge in [0.1, 0.15) is 17.7 Å². The molecule has 0 bridgehead atoms. The highest BCUT2D eigenvalue weighted by Crippen LogP contribution is 2.38. The fourth-order valence-electron chi connectivity index (χ4n) is 3.57. The maximum atomic E-state index is 13.3. The first kappa shape index (κ1) is 18.7. The number of fused-ring (bicyclic) bond motifs is 1. The van der Waals surface area contributed by atoms with Crippen LogP contribution in [0.5, 0.6) is 5.75 Å². The molecule has 2 amide bonds. The molecule has 2 heterocycles. The summed E-state index contributed by atoms with van der Waals surface area (Å²) >= 11 is 0. The number of ether oxygens (including phenoxy) is 2. The fraction of sp³-hybridized carbons (Fsp3) is 0.238. The Bertz CT molecular complexity index is 987. The number of amides is 2. The number of nitrogens with zero attached hydrogens (tertiary/aromatic N) is 3. The highest BCUT2D eigenvalue weighted by molar-refractivity contribution is 6.47. The van der Waals surface area contributed by atoms with E-state index in [0.717, 1.165) is 4.90 Å². The summed E-state index contributed by atoms with van der Waals surface area (Å²) in [5.41, 5.74) is 0.959. The lowest BCUT2D eigenvalue weighted by Gasteiger charge is -2.22. The molecule has 1 fully saturated rings. The van der Waals surface area contributed by atoms with Crippen LogP contribution < -0.4 is 14.6 Å². The first-order chi connectivity index (χ1) is 14.1. The van der Waals surface area contributed by atoms with Crippen molar-refractivity contribution >= 4 is 34.9 Å². The van der Waals surface area contributed by atoms with Crippen LogP contribution >= 0.6 is 0 Å². The Hall–Kier alpha value is -3.68. The van der Waals surface area contributed by atoms with Crippen LogP contribution in [0.1, 0.15) is 6.92 Å². The molecule has 8 nitrogen and oxygen atoms in total. The predicted molar refractivity (Wildman–Crippen MR) is 106 cm³/mol. The lowest BCUT2D eigenvalue weighted by atomic mass is 9.98. The van der Waals surface area contributed by atoms with Crippen LogP contribution in [0.4, 0.5) is 11.4 Å². The van der Waals surface area contributed by atoms with Gasteiger partial charge in [0.15, 0.2) is 5.71 Å². The standard InChI is InChI=1S/C21H19N3O5/c1-3-29-21(27)17-16-18(24(22-17)14-7-5-4-6-8-14)20(26)23(19(16)25)13-9-11-15(28-2)12-10-13/h4-12,16,18H,3H2,1-2H3. The van der Waals surface area contributed by atoms with Gasteiger partial charge in [-0.3, -0.25) is 14.6 Å². The molecule has 2 aliphatic rings. The van der Waals surface area contributed by atoms with Crippen molar-refractivity contribution in [1.82, 2.24) is 0 Å². The molecular formula is C21H19N3O5. The van der Waals surface area contributed by atoms with Gasteiger partial charge in [-0.2, -0.15) is 5.10 Å².